The average molecular weight is 278 g/mol. The molecule has 0 radical (unpaired) electrons. The maximum absolute atomic E-state index is 13.3. The smallest absolute Gasteiger partial charge is 0.319 e. The van der Waals surface area contributed by atoms with Gasteiger partial charge in [0.15, 0.2) is 0 Å². The second kappa shape index (κ2) is 4.73. The van der Waals surface area contributed by atoms with Crippen molar-refractivity contribution in [1.82, 2.24) is 0 Å². The summed E-state index contributed by atoms with van der Waals surface area (Å²) in [6.45, 7) is 0. The maximum atomic E-state index is 13.3. The SMILES string of the molecule is N[C@@H](c1cc(C(F)(F)F)cc(Cl)c1F)C(F)F. The Labute approximate surface area is 97.2 Å². The molecule has 0 saturated carbocycles. The second-order valence-electron chi connectivity index (χ2n) is 3.22. The summed E-state index contributed by atoms with van der Waals surface area (Å²) >= 11 is 5.20. The van der Waals surface area contributed by atoms with Crippen molar-refractivity contribution in [3.05, 3.63) is 34.1 Å². The van der Waals surface area contributed by atoms with Crippen LogP contribution in [-0.2, 0) is 6.18 Å². The van der Waals surface area contributed by atoms with E-state index in [9.17, 15) is 26.3 Å². The molecule has 96 valence electrons. The first kappa shape index (κ1) is 14.1. The Morgan fingerprint density at radius 1 is 1.18 bits per heavy atom. The van der Waals surface area contributed by atoms with Crippen LogP contribution < -0.4 is 5.73 Å². The maximum Gasteiger partial charge on any atom is 0.416 e. The molecule has 0 aliphatic carbocycles. The summed E-state index contributed by atoms with van der Waals surface area (Å²) in [7, 11) is 0. The van der Waals surface area contributed by atoms with Crippen LogP contribution in [0.5, 0.6) is 0 Å². The zero-order valence-electron chi connectivity index (χ0n) is 8.03. The van der Waals surface area contributed by atoms with Crippen LogP contribution in [0.4, 0.5) is 26.3 Å². The molecule has 1 rings (SSSR count). The molecule has 0 aliphatic heterocycles. The van der Waals surface area contributed by atoms with Crippen LogP contribution in [0.15, 0.2) is 12.1 Å². The van der Waals surface area contributed by atoms with Gasteiger partial charge in [-0.1, -0.05) is 11.6 Å². The van der Waals surface area contributed by atoms with Crippen molar-refractivity contribution < 1.29 is 26.3 Å². The van der Waals surface area contributed by atoms with Crippen molar-refractivity contribution in [3.63, 3.8) is 0 Å². The molecule has 8 heteroatoms. The van der Waals surface area contributed by atoms with Gasteiger partial charge >= 0.3 is 6.18 Å². The third-order valence-electron chi connectivity index (χ3n) is 2.01. The summed E-state index contributed by atoms with van der Waals surface area (Å²) in [5.41, 5.74) is 2.62. The molecular weight excluding hydrogens is 272 g/mol. The molecule has 0 unspecified atom stereocenters. The van der Waals surface area contributed by atoms with Crippen LogP contribution in [0.1, 0.15) is 17.2 Å². The van der Waals surface area contributed by atoms with E-state index in [0.29, 0.717) is 6.07 Å². The number of halogens is 7. The van der Waals surface area contributed by atoms with Gasteiger partial charge in [0.2, 0.25) is 0 Å². The van der Waals surface area contributed by atoms with Gasteiger partial charge in [-0.15, -0.1) is 0 Å². The molecule has 0 saturated heterocycles. The lowest BCUT2D eigenvalue weighted by Crippen LogP contribution is -2.21. The van der Waals surface area contributed by atoms with E-state index in [1.807, 2.05) is 0 Å². The Morgan fingerprint density at radius 3 is 2.12 bits per heavy atom. The van der Waals surface area contributed by atoms with E-state index in [-0.39, 0.29) is 6.07 Å². The molecule has 17 heavy (non-hydrogen) atoms. The number of benzene rings is 1. The van der Waals surface area contributed by atoms with Crippen LogP contribution in [0, 0.1) is 5.82 Å². The summed E-state index contributed by atoms with van der Waals surface area (Å²) in [4.78, 5) is 0. The normalized spacial score (nSPS) is 14.2. The fraction of sp³-hybridized carbons (Fsp3) is 0.333. The molecule has 0 spiro atoms. The molecular formula is C9H6ClF6N. The topological polar surface area (TPSA) is 26.0 Å². The second-order valence-corrected chi connectivity index (χ2v) is 3.63. The summed E-state index contributed by atoms with van der Waals surface area (Å²) in [5.74, 6) is -1.37. The van der Waals surface area contributed by atoms with Gasteiger partial charge in [0.25, 0.3) is 6.43 Å². The number of rotatable bonds is 2. The summed E-state index contributed by atoms with van der Waals surface area (Å²) < 4.78 is 74.7. The molecule has 1 atom stereocenters. The van der Waals surface area contributed by atoms with Gasteiger partial charge in [0, 0.05) is 5.56 Å². The van der Waals surface area contributed by atoms with Crippen LogP contribution in [-0.4, -0.2) is 6.43 Å². The number of hydrogen-bond acceptors (Lipinski definition) is 1. The lowest BCUT2D eigenvalue weighted by Gasteiger charge is -2.15. The minimum atomic E-state index is -4.81. The first-order valence-corrected chi connectivity index (χ1v) is 4.62. The minimum Gasteiger partial charge on any atom is -0.319 e. The van der Waals surface area contributed by atoms with Gasteiger partial charge in [0.05, 0.1) is 16.6 Å². The quantitative estimate of drug-likeness (QED) is 0.818. The zero-order valence-corrected chi connectivity index (χ0v) is 8.79. The van der Waals surface area contributed by atoms with Gasteiger partial charge < -0.3 is 5.73 Å². The van der Waals surface area contributed by atoms with E-state index >= 15 is 0 Å². The van der Waals surface area contributed by atoms with E-state index < -0.39 is 40.6 Å². The fourth-order valence-corrected chi connectivity index (χ4v) is 1.38. The van der Waals surface area contributed by atoms with Crippen molar-refractivity contribution in [1.29, 1.82) is 0 Å². The predicted octanol–water partition coefficient (Wildman–Crippen LogP) is 3.76. The summed E-state index contributed by atoms with van der Waals surface area (Å²) in [6.07, 6.45) is -8.00. The Kier molecular flexibility index (Phi) is 3.93. The molecule has 0 fully saturated rings. The standard InChI is InChI=1S/C9H6ClF6N/c10-5-2-3(9(14,15)16)1-4(6(5)11)7(17)8(12)13/h1-2,7-8H,17H2/t7-/m0/s1. The monoisotopic (exact) mass is 277 g/mol. The Hall–Kier alpha value is -0.950. The molecule has 1 nitrogen and oxygen atoms in total. The molecule has 0 heterocycles. The molecule has 1 aromatic carbocycles. The first-order valence-electron chi connectivity index (χ1n) is 4.24. The van der Waals surface area contributed by atoms with Gasteiger partial charge in [-0.2, -0.15) is 13.2 Å². The van der Waals surface area contributed by atoms with Crippen LogP contribution in [0.3, 0.4) is 0 Å². The number of alkyl halides is 5. The largest absolute Gasteiger partial charge is 0.416 e. The van der Waals surface area contributed by atoms with E-state index in [2.05, 4.69) is 0 Å². The third kappa shape index (κ3) is 3.04. The molecule has 0 bridgehead atoms. The van der Waals surface area contributed by atoms with Crippen molar-refractivity contribution in [3.8, 4) is 0 Å². The summed E-state index contributed by atoms with van der Waals surface area (Å²) in [5, 5.41) is -0.897. The van der Waals surface area contributed by atoms with Gasteiger partial charge in [0.1, 0.15) is 5.82 Å². The van der Waals surface area contributed by atoms with Crippen LogP contribution >= 0.6 is 11.6 Å². The molecule has 0 amide bonds. The van der Waals surface area contributed by atoms with Gasteiger partial charge in [-0.25, -0.2) is 13.2 Å². The lowest BCUT2D eigenvalue weighted by molar-refractivity contribution is -0.137. The van der Waals surface area contributed by atoms with Crippen molar-refractivity contribution in [2.75, 3.05) is 0 Å². The molecule has 1 aromatic rings. The van der Waals surface area contributed by atoms with Crippen molar-refractivity contribution in [2.45, 2.75) is 18.6 Å². The highest BCUT2D eigenvalue weighted by atomic mass is 35.5. The van der Waals surface area contributed by atoms with E-state index in [4.69, 9.17) is 17.3 Å². The van der Waals surface area contributed by atoms with Crippen LogP contribution in [0.25, 0.3) is 0 Å². The predicted molar refractivity (Wildman–Crippen MR) is 49.3 cm³/mol. The average Bonchev–Trinajstić information content (AvgIpc) is 2.19. The van der Waals surface area contributed by atoms with E-state index in [1.54, 1.807) is 0 Å². The lowest BCUT2D eigenvalue weighted by atomic mass is 10.0. The molecule has 0 aromatic heterocycles. The third-order valence-corrected chi connectivity index (χ3v) is 2.29. The summed E-state index contributed by atoms with van der Waals surface area (Å²) in [6, 6.07) is -1.61. The van der Waals surface area contributed by atoms with Crippen molar-refractivity contribution >= 4 is 11.6 Å². The first-order chi connectivity index (χ1) is 7.64. The highest BCUT2D eigenvalue weighted by Crippen LogP contribution is 2.35. The highest BCUT2D eigenvalue weighted by molar-refractivity contribution is 6.30. The fourth-order valence-electron chi connectivity index (χ4n) is 1.15. The molecule has 2 N–H and O–H groups in total. The Morgan fingerprint density at radius 2 is 1.71 bits per heavy atom. The van der Waals surface area contributed by atoms with Gasteiger partial charge in [-0.3, -0.25) is 0 Å². The number of hydrogen-bond donors (Lipinski definition) is 1. The molecule has 0 aliphatic rings. The van der Waals surface area contributed by atoms with Crippen molar-refractivity contribution in [2.24, 2.45) is 5.73 Å². The van der Waals surface area contributed by atoms with Gasteiger partial charge in [-0.05, 0) is 12.1 Å². The Balaban J connectivity index is 3.35. The zero-order chi connectivity index (χ0) is 13.4. The number of nitrogens with two attached hydrogens (primary N) is 1. The van der Waals surface area contributed by atoms with E-state index in [1.165, 1.54) is 0 Å². The minimum absolute atomic E-state index is 0.234. The van der Waals surface area contributed by atoms with E-state index in [0.717, 1.165) is 0 Å². The van der Waals surface area contributed by atoms with Crippen LogP contribution in [0.2, 0.25) is 5.02 Å². The Bertz CT molecular complexity index is 417. The highest BCUT2D eigenvalue weighted by Gasteiger charge is 2.34.